The van der Waals surface area contributed by atoms with E-state index < -0.39 is 0 Å². The number of rotatable bonds is 4. The van der Waals surface area contributed by atoms with Crippen molar-refractivity contribution < 1.29 is 0 Å². The molecule has 0 bridgehead atoms. The summed E-state index contributed by atoms with van der Waals surface area (Å²) in [5.41, 5.74) is 6.24. The van der Waals surface area contributed by atoms with Crippen molar-refractivity contribution in [3.63, 3.8) is 0 Å². The Morgan fingerprint density at radius 1 is 1.62 bits per heavy atom. The maximum absolute atomic E-state index is 10.9. The molecule has 1 rings (SSSR count). The van der Waals surface area contributed by atoms with Gasteiger partial charge in [0.1, 0.15) is 0 Å². The van der Waals surface area contributed by atoms with Crippen molar-refractivity contribution in [1.29, 1.82) is 0 Å². The van der Waals surface area contributed by atoms with E-state index in [2.05, 4.69) is 10.3 Å². The molecule has 0 aliphatic carbocycles. The SMILES string of the molecule is CC(CN)NCc1cccc(=O)[nH]1. The Hall–Kier alpha value is -1.13. The molecule has 0 saturated carbocycles. The maximum Gasteiger partial charge on any atom is 0.248 e. The zero-order chi connectivity index (χ0) is 9.68. The molecule has 0 spiro atoms. The Morgan fingerprint density at radius 2 is 2.38 bits per heavy atom. The van der Waals surface area contributed by atoms with E-state index >= 15 is 0 Å². The first kappa shape index (κ1) is 9.95. The lowest BCUT2D eigenvalue weighted by Gasteiger charge is -2.10. The molecule has 0 fully saturated rings. The quantitative estimate of drug-likeness (QED) is 0.603. The van der Waals surface area contributed by atoms with Crippen LogP contribution in [-0.4, -0.2) is 17.6 Å². The predicted octanol–water partition coefficient (Wildman–Crippen LogP) is -0.188. The van der Waals surface area contributed by atoms with E-state index in [1.54, 1.807) is 6.07 Å². The van der Waals surface area contributed by atoms with Crippen molar-refractivity contribution in [2.75, 3.05) is 6.54 Å². The van der Waals surface area contributed by atoms with Crippen LogP contribution in [0.3, 0.4) is 0 Å². The fourth-order valence-corrected chi connectivity index (χ4v) is 0.964. The van der Waals surface area contributed by atoms with E-state index in [-0.39, 0.29) is 11.6 Å². The molecule has 4 heteroatoms. The Balaban J connectivity index is 2.50. The summed E-state index contributed by atoms with van der Waals surface area (Å²) in [6.07, 6.45) is 0. The predicted molar refractivity (Wildman–Crippen MR) is 52.4 cm³/mol. The number of aromatic amines is 1. The Kier molecular flexibility index (Phi) is 3.67. The number of nitrogens with one attached hydrogen (secondary N) is 2. The van der Waals surface area contributed by atoms with Gasteiger partial charge in [0.25, 0.3) is 0 Å². The summed E-state index contributed by atoms with van der Waals surface area (Å²) in [5, 5.41) is 3.18. The second-order valence-electron chi connectivity index (χ2n) is 3.06. The molecule has 0 aromatic carbocycles. The van der Waals surface area contributed by atoms with Crippen LogP contribution in [0.1, 0.15) is 12.6 Å². The van der Waals surface area contributed by atoms with Gasteiger partial charge in [-0.3, -0.25) is 4.79 Å². The molecule has 0 aliphatic heterocycles. The molecule has 1 unspecified atom stereocenters. The van der Waals surface area contributed by atoms with Gasteiger partial charge in [-0.25, -0.2) is 0 Å². The highest BCUT2D eigenvalue weighted by Crippen LogP contribution is 1.89. The van der Waals surface area contributed by atoms with Gasteiger partial charge in [-0.15, -0.1) is 0 Å². The van der Waals surface area contributed by atoms with Crippen molar-refractivity contribution in [1.82, 2.24) is 10.3 Å². The summed E-state index contributed by atoms with van der Waals surface area (Å²) in [7, 11) is 0. The van der Waals surface area contributed by atoms with Crippen molar-refractivity contribution in [2.24, 2.45) is 5.73 Å². The molecule has 1 aromatic rings. The summed E-state index contributed by atoms with van der Waals surface area (Å²) >= 11 is 0. The van der Waals surface area contributed by atoms with E-state index in [0.717, 1.165) is 5.69 Å². The van der Waals surface area contributed by atoms with Gasteiger partial charge in [0.2, 0.25) is 5.56 Å². The van der Waals surface area contributed by atoms with E-state index in [9.17, 15) is 4.79 Å². The monoisotopic (exact) mass is 181 g/mol. The van der Waals surface area contributed by atoms with Crippen LogP contribution in [0.2, 0.25) is 0 Å². The molecular formula is C9H15N3O. The summed E-state index contributed by atoms with van der Waals surface area (Å²) in [6.45, 7) is 3.24. The van der Waals surface area contributed by atoms with Gasteiger partial charge < -0.3 is 16.0 Å². The lowest BCUT2D eigenvalue weighted by Crippen LogP contribution is -2.33. The molecule has 4 nitrogen and oxygen atoms in total. The molecule has 4 N–H and O–H groups in total. The number of H-pyrrole nitrogens is 1. The van der Waals surface area contributed by atoms with Crippen LogP contribution in [-0.2, 0) is 6.54 Å². The van der Waals surface area contributed by atoms with Gasteiger partial charge in [0.05, 0.1) is 0 Å². The Labute approximate surface area is 77.2 Å². The average Bonchev–Trinajstić information content (AvgIpc) is 2.14. The fourth-order valence-electron chi connectivity index (χ4n) is 0.964. The molecular weight excluding hydrogens is 166 g/mol. The van der Waals surface area contributed by atoms with Gasteiger partial charge in [0, 0.05) is 30.9 Å². The minimum Gasteiger partial charge on any atom is -0.329 e. The van der Waals surface area contributed by atoms with Gasteiger partial charge >= 0.3 is 0 Å². The molecule has 0 aliphatic rings. The third-order valence-electron chi connectivity index (χ3n) is 1.82. The second kappa shape index (κ2) is 4.79. The van der Waals surface area contributed by atoms with Crippen LogP contribution in [0.25, 0.3) is 0 Å². The molecule has 0 amide bonds. The van der Waals surface area contributed by atoms with E-state index in [4.69, 9.17) is 5.73 Å². The summed E-state index contributed by atoms with van der Waals surface area (Å²) in [5.74, 6) is 0. The van der Waals surface area contributed by atoms with Crippen LogP contribution in [0.5, 0.6) is 0 Å². The lowest BCUT2D eigenvalue weighted by atomic mass is 10.3. The van der Waals surface area contributed by atoms with Gasteiger partial charge in [0.15, 0.2) is 0 Å². The summed E-state index contributed by atoms with van der Waals surface area (Å²) < 4.78 is 0. The first-order valence-corrected chi connectivity index (χ1v) is 4.34. The van der Waals surface area contributed by atoms with Crippen LogP contribution in [0.15, 0.2) is 23.0 Å². The Morgan fingerprint density at radius 3 is 3.00 bits per heavy atom. The van der Waals surface area contributed by atoms with Crippen LogP contribution >= 0.6 is 0 Å². The number of hydrogen-bond acceptors (Lipinski definition) is 3. The Bertz CT molecular complexity index is 308. The lowest BCUT2D eigenvalue weighted by molar-refractivity contribution is 0.550. The van der Waals surface area contributed by atoms with Crippen molar-refractivity contribution in [3.8, 4) is 0 Å². The third-order valence-corrected chi connectivity index (χ3v) is 1.82. The smallest absolute Gasteiger partial charge is 0.248 e. The van der Waals surface area contributed by atoms with Crippen molar-refractivity contribution in [2.45, 2.75) is 19.5 Å². The number of aromatic nitrogens is 1. The highest BCUT2D eigenvalue weighted by Gasteiger charge is 1.97. The third kappa shape index (κ3) is 3.40. The minimum absolute atomic E-state index is 0.0697. The highest BCUT2D eigenvalue weighted by atomic mass is 16.1. The average molecular weight is 181 g/mol. The topological polar surface area (TPSA) is 70.9 Å². The van der Waals surface area contributed by atoms with Crippen LogP contribution in [0.4, 0.5) is 0 Å². The molecule has 1 atom stereocenters. The number of nitrogens with two attached hydrogens (primary N) is 1. The molecule has 0 saturated heterocycles. The van der Waals surface area contributed by atoms with Crippen molar-refractivity contribution >= 4 is 0 Å². The largest absolute Gasteiger partial charge is 0.329 e. The zero-order valence-corrected chi connectivity index (χ0v) is 7.71. The van der Waals surface area contributed by atoms with Gasteiger partial charge in [-0.2, -0.15) is 0 Å². The van der Waals surface area contributed by atoms with E-state index in [0.29, 0.717) is 13.1 Å². The minimum atomic E-state index is -0.0697. The molecule has 1 aromatic heterocycles. The van der Waals surface area contributed by atoms with Crippen molar-refractivity contribution in [3.05, 3.63) is 34.2 Å². The standard InChI is InChI=1S/C9H15N3O/c1-7(5-10)11-6-8-3-2-4-9(13)12-8/h2-4,7,11H,5-6,10H2,1H3,(H,12,13). The maximum atomic E-state index is 10.9. The zero-order valence-electron chi connectivity index (χ0n) is 7.71. The normalized spacial score (nSPS) is 12.8. The summed E-state index contributed by atoms with van der Waals surface area (Å²) in [4.78, 5) is 13.6. The molecule has 0 radical (unpaired) electrons. The second-order valence-corrected chi connectivity index (χ2v) is 3.06. The van der Waals surface area contributed by atoms with Gasteiger partial charge in [-0.05, 0) is 13.0 Å². The molecule has 1 heterocycles. The highest BCUT2D eigenvalue weighted by molar-refractivity contribution is 5.03. The van der Waals surface area contributed by atoms with Crippen LogP contribution < -0.4 is 16.6 Å². The number of pyridine rings is 1. The van der Waals surface area contributed by atoms with E-state index in [1.165, 1.54) is 6.07 Å². The van der Waals surface area contributed by atoms with Crippen LogP contribution in [0, 0.1) is 0 Å². The first-order valence-electron chi connectivity index (χ1n) is 4.34. The molecule has 72 valence electrons. The summed E-state index contributed by atoms with van der Waals surface area (Å²) in [6, 6.07) is 5.37. The fraction of sp³-hybridized carbons (Fsp3) is 0.444. The molecule has 13 heavy (non-hydrogen) atoms. The van der Waals surface area contributed by atoms with E-state index in [1.807, 2.05) is 13.0 Å². The first-order chi connectivity index (χ1) is 6.22. The van der Waals surface area contributed by atoms with Gasteiger partial charge in [-0.1, -0.05) is 6.07 Å². The number of hydrogen-bond donors (Lipinski definition) is 3.